The first-order valence-corrected chi connectivity index (χ1v) is 22.2. The molecule has 0 aromatic heterocycles. The number of hydrogen-bond donors (Lipinski definition) is 0. The summed E-state index contributed by atoms with van der Waals surface area (Å²) in [4.78, 5) is 0. The van der Waals surface area contributed by atoms with Gasteiger partial charge in [-0.05, 0) is 78.6 Å². The summed E-state index contributed by atoms with van der Waals surface area (Å²) in [5.41, 5.74) is 0. The van der Waals surface area contributed by atoms with Crippen molar-refractivity contribution in [2.45, 2.75) is 78.6 Å². The minimum Gasteiger partial charge on any atom is -0.521 e. The molecule has 0 aliphatic heterocycles. The molecule has 0 unspecified atom stereocenters. The van der Waals surface area contributed by atoms with Gasteiger partial charge in [0.05, 0.1) is 0 Å². The van der Waals surface area contributed by atoms with E-state index in [0.29, 0.717) is 11.9 Å². The molecule has 0 radical (unpaired) electrons. The predicted octanol–water partition coefficient (Wildman–Crippen LogP) is 6.08. The van der Waals surface area contributed by atoms with E-state index >= 15 is 0 Å². The highest BCUT2D eigenvalue weighted by Gasteiger charge is 2.26. The third kappa shape index (κ3) is 15.1. The number of rotatable bonds is 9. The zero-order chi connectivity index (χ0) is 19.4. The summed E-state index contributed by atoms with van der Waals surface area (Å²) >= 11 is 0. The van der Waals surface area contributed by atoms with Crippen molar-refractivity contribution in [1.29, 1.82) is 0 Å². The van der Waals surface area contributed by atoms with Gasteiger partial charge in [0.25, 0.3) is 11.9 Å². The summed E-state index contributed by atoms with van der Waals surface area (Å²) in [6.45, 7) is 25.8. The molecule has 0 rings (SSSR count). The molecule has 0 aliphatic carbocycles. The Balaban J connectivity index is 5.57. The van der Waals surface area contributed by atoms with Gasteiger partial charge in [0.1, 0.15) is 0 Å². The first kappa shape index (κ1) is 23.5. The van der Waals surface area contributed by atoms with Crippen LogP contribution >= 0.6 is 0 Å². The van der Waals surface area contributed by atoms with Crippen molar-refractivity contribution in [3.63, 3.8) is 0 Å². The monoisotopic (exact) mass is 406 g/mol. The van der Waals surface area contributed by atoms with Gasteiger partial charge in [-0.15, -0.1) is 0 Å². The first-order chi connectivity index (χ1) is 10.4. The molecular weight excluding hydrogens is 369 g/mol. The Hall–Kier alpha value is -0.452. The second-order valence-electron chi connectivity index (χ2n) is 9.83. The zero-order valence-electron chi connectivity index (χ0n) is 17.8. The van der Waals surface area contributed by atoms with Crippen molar-refractivity contribution in [2.24, 2.45) is 0 Å². The van der Waals surface area contributed by atoms with Crippen molar-refractivity contribution in [3.05, 3.63) is 24.0 Å². The average molecular weight is 407 g/mol. The first-order valence-electron chi connectivity index (χ1n) is 8.54. The van der Waals surface area contributed by atoms with E-state index in [2.05, 4.69) is 78.6 Å². The molecule has 4 nitrogen and oxygen atoms in total. The highest BCUT2D eigenvalue weighted by Crippen LogP contribution is 2.20. The highest BCUT2D eigenvalue weighted by molar-refractivity contribution is 6.72. The van der Waals surface area contributed by atoms with Crippen molar-refractivity contribution >= 4 is 33.3 Å². The molecule has 0 saturated heterocycles. The Bertz CT molecular complexity index is 380. The predicted molar refractivity (Wildman–Crippen MR) is 114 cm³/mol. The van der Waals surface area contributed by atoms with E-state index < -0.39 is 33.3 Å². The molecule has 0 saturated carbocycles. The van der Waals surface area contributed by atoms with Crippen LogP contribution in [0, 0.1) is 0 Å². The van der Waals surface area contributed by atoms with Crippen LogP contribution in [-0.2, 0) is 17.7 Å². The lowest BCUT2D eigenvalue weighted by Crippen LogP contribution is -2.32. The second kappa shape index (κ2) is 8.28. The van der Waals surface area contributed by atoms with Crippen LogP contribution in [0.4, 0.5) is 0 Å². The minimum absolute atomic E-state index is 0.587. The summed E-state index contributed by atoms with van der Waals surface area (Å²) in [6.07, 6.45) is 3.73. The van der Waals surface area contributed by atoms with Gasteiger partial charge in [0.2, 0.25) is 33.3 Å². The third-order valence-electron chi connectivity index (χ3n) is 1.98. The van der Waals surface area contributed by atoms with Crippen LogP contribution < -0.4 is 0 Å². The maximum absolute atomic E-state index is 6.10. The van der Waals surface area contributed by atoms with Crippen molar-refractivity contribution in [2.75, 3.05) is 0 Å². The van der Waals surface area contributed by atoms with Crippen molar-refractivity contribution in [1.82, 2.24) is 0 Å². The highest BCUT2D eigenvalue weighted by atomic mass is 28.4. The lowest BCUT2D eigenvalue weighted by Gasteiger charge is -2.28. The summed E-state index contributed by atoms with van der Waals surface area (Å²) < 4.78 is 24.4. The normalized spacial score (nSPS) is 13.0. The van der Waals surface area contributed by atoms with Gasteiger partial charge < -0.3 is 17.7 Å². The topological polar surface area (TPSA) is 36.9 Å². The van der Waals surface area contributed by atoms with Crippen molar-refractivity contribution < 1.29 is 17.7 Å². The van der Waals surface area contributed by atoms with E-state index in [0.717, 1.165) is 0 Å². The SMILES string of the molecule is C[Si](C)(C)OC(=CC=C(O[Si](C)(C)C)O[Si](C)(C)C)O[Si](C)(C)C. The number of allylic oxidation sites excluding steroid dienone is 2. The molecule has 0 aromatic rings. The van der Waals surface area contributed by atoms with Crippen LogP contribution in [0.5, 0.6) is 0 Å². The van der Waals surface area contributed by atoms with Crippen LogP contribution in [0.1, 0.15) is 0 Å². The fourth-order valence-corrected chi connectivity index (χ4v) is 4.54. The smallest absolute Gasteiger partial charge is 0.251 e. The standard InChI is InChI=1S/C16H38O4Si4/c1-21(2,3)17-15(18-22(4,5)6)13-14-16(19-23(7,8)9)20-24(10,11)12/h13-14H,1-12H3. The summed E-state index contributed by atoms with van der Waals surface area (Å²) in [5.74, 6) is 1.17. The molecule has 0 amide bonds. The Morgan fingerprint density at radius 2 is 0.583 bits per heavy atom. The Labute approximate surface area is 153 Å². The third-order valence-corrected chi connectivity index (χ3v) is 5.24. The lowest BCUT2D eigenvalue weighted by molar-refractivity contribution is 0.208. The molecule has 0 aromatic carbocycles. The van der Waals surface area contributed by atoms with Gasteiger partial charge in [-0.25, -0.2) is 0 Å². The summed E-state index contributed by atoms with van der Waals surface area (Å²) in [5, 5.41) is 0. The van der Waals surface area contributed by atoms with Gasteiger partial charge in [0.15, 0.2) is 0 Å². The van der Waals surface area contributed by atoms with Gasteiger partial charge in [-0.2, -0.15) is 0 Å². The molecule has 0 heterocycles. The van der Waals surface area contributed by atoms with Crippen LogP contribution in [0.3, 0.4) is 0 Å². The maximum Gasteiger partial charge on any atom is 0.251 e. The average Bonchev–Trinajstić information content (AvgIpc) is 2.16. The fourth-order valence-electron chi connectivity index (χ4n) is 1.52. The lowest BCUT2D eigenvalue weighted by atomic mass is 10.6. The molecule has 0 N–H and O–H groups in total. The largest absolute Gasteiger partial charge is 0.521 e. The molecular formula is C16H38O4Si4. The molecule has 0 atom stereocenters. The fraction of sp³-hybridized carbons (Fsp3) is 0.750. The van der Waals surface area contributed by atoms with Crippen LogP contribution in [0.15, 0.2) is 24.0 Å². The van der Waals surface area contributed by atoms with E-state index in [4.69, 9.17) is 17.7 Å². The number of hydrogen-bond acceptors (Lipinski definition) is 4. The summed E-state index contributed by atoms with van der Waals surface area (Å²) in [6, 6.07) is 0. The molecule has 0 aliphatic rings. The van der Waals surface area contributed by atoms with Gasteiger partial charge >= 0.3 is 0 Å². The van der Waals surface area contributed by atoms with Crippen LogP contribution in [0.2, 0.25) is 78.6 Å². The van der Waals surface area contributed by atoms with Gasteiger partial charge in [0, 0.05) is 12.2 Å². The Kier molecular flexibility index (Phi) is 8.13. The van der Waals surface area contributed by atoms with E-state index in [1.165, 1.54) is 0 Å². The van der Waals surface area contributed by atoms with Crippen LogP contribution in [0.25, 0.3) is 0 Å². The molecule has 142 valence electrons. The maximum atomic E-state index is 6.10. The molecule has 0 fully saturated rings. The van der Waals surface area contributed by atoms with Crippen molar-refractivity contribution in [3.8, 4) is 0 Å². The molecule has 0 bridgehead atoms. The van der Waals surface area contributed by atoms with E-state index in [1.54, 1.807) is 0 Å². The molecule has 8 heteroatoms. The Morgan fingerprint density at radius 1 is 0.417 bits per heavy atom. The minimum atomic E-state index is -1.75. The van der Waals surface area contributed by atoms with E-state index in [9.17, 15) is 0 Å². The Morgan fingerprint density at radius 3 is 0.708 bits per heavy atom. The van der Waals surface area contributed by atoms with E-state index in [-0.39, 0.29) is 0 Å². The van der Waals surface area contributed by atoms with E-state index in [1.807, 2.05) is 12.2 Å². The quantitative estimate of drug-likeness (QED) is 0.264. The summed E-state index contributed by atoms with van der Waals surface area (Å²) in [7, 11) is -7.00. The van der Waals surface area contributed by atoms with Gasteiger partial charge in [-0.1, -0.05) is 0 Å². The van der Waals surface area contributed by atoms with Crippen LogP contribution in [-0.4, -0.2) is 33.3 Å². The zero-order valence-corrected chi connectivity index (χ0v) is 21.8. The second-order valence-corrected chi connectivity index (χ2v) is 27.5. The molecule has 24 heavy (non-hydrogen) atoms. The van der Waals surface area contributed by atoms with Gasteiger partial charge in [-0.3, -0.25) is 0 Å². The molecule has 0 spiro atoms.